The van der Waals surface area contributed by atoms with E-state index in [9.17, 15) is 9.59 Å². The minimum atomic E-state index is -0.453. The lowest BCUT2D eigenvalue weighted by Gasteiger charge is -2.06. The molecule has 2 aromatic carbocycles. The third-order valence-electron chi connectivity index (χ3n) is 3.50. The zero-order chi connectivity index (χ0) is 19.2. The highest BCUT2D eigenvalue weighted by atomic mass is 79.9. The Kier molecular flexibility index (Phi) is 5.77. The fraction of sp³-hybridized carbons (Fsp3) is 0.0526. The van der Waals surface area contributed by atoms with E-state index >= 15 is 0 Å². The molecule has 0 aliphatic carbocycles. The first-order valence-corrected chi connectivity index (χ1v) is 8.74. The van der Waals surface area contributed by atoms with Crippen LogP contribution < -0.4 is 10.2 Å². The summed E-state index contributed by atoms with van der Waals surface area (Å²) in [6.07, 6.45) is 1.48. The molecule has 0 saturated carbocycles. The lowest BCUT2D eigenvalue weighted by atomic mass is 10.2. The van der Waals surface area contributed by atoms with Crippen LogP contribution in [0.3, 0.4) is 0 Å². The molecule has 0 spiro atoms. The highest BCUT2D eigenvalue weighted by Crippen LogP contribution is 2.19. The van der Waals surface area contributed by atoms with E-state index < -0.39 is 11.9 Å². The molecule has 0 bridgehead atoms. The summed E-state index contributed by atoms with van der Waals surface area (Å²) in [5, 5.41) is 10.4. The van der Waals surface area contributed by atoms with Crippen molar-refractivity contribution in [2.45, 2.75) is 6.92 Å². The van der Waals surface area contributed by atoms with E-state index in [-0.39, 0.29) is 5.69 Å². The molecule has 0 saturated heterocycles. The van der Waals surface area contributed by atoms with Crippen LogP contribution in [0.25, 0.3) is 0 Å². The zero-order valence-electron chi connectivity index (χ0n) is 14.3. The molecular weight excluding hydrogens is 412 g/mol. The fourth-order valence-corrected chi connectivity index (χ4v) is 2.61. The second-order valence-electron chi connectivity index (χ2n) is 5.57. The van der Waals surface area contributed by atoms with Gasteiger partial charge in [0, 0.05) is 10.2 Å². The summed E-state index contributed by atoms with van der Waals surface area (Å²) < 4.78 is 6.01. The Morgan fingerprint density at radius 2 is 1.93 bits per heavy atom. The van der Waals surface area contributed by atoms with E-state index in [1.54, 1.807) is 55.5 Å². The summed E-state index contributed by atoms with van der Waals surface area (Å²) in [7, 11) is 0. The van der Waals surface area contributed by atoms with Crippen molar-refractivity contribution in [3.05, 3.63) is 81.6 Å². The van der Waals surface area contributed by atoms with Gasteiger partial charge in [-0.05, 0) is 70.9 Å². The zero-order valence-corrected chi connectivity index (χ0v) is 15.9. The predicted octanol–water partition coefficient (Wildman–Crippen LogP) is 3.46. The first-order valence-electron chi connectivity index (χ1n) is 7.95. The molecule has 1 amide bonds. The quantitative estimate of drug-likeness (QED) is 0.282. The number of aromatic nitrogens is 2. The number of amides is 1. The molecular formula is C19H15BrN4O3. The molecule has 0 unspecified atom stereocenters. The maximum Gasteiger partial charge on any atom is 0.344 e. The monoisotopic (exact) mass is 426 g/mol. The summed E-state index contributed by atoms with van der Waals surface area (Å²) >= 11 is 3.32. The van der Waals surface area contributed by atoms with Crippen LogP contribution in [0.4, 0.5) is 0 Å². The number of rotatable bonds is 5. The highest BCUT2D eigenvalue weighted by Gasteiger charge is 2.11. The fourth-order valence-electron chi connectivity index (χ4n) is 2.17. The molecule has 8 heteroatoms. The number of H-pyrrole nitrogens is 1. The number of hydrogen-bond acceptors (Lipinski definition) is 5. The van der Waals surface area contributed by atoms with Gasteiger partial charge in [-0.25, -0.2) is 10.2 Å². The van der Waals surface area contributed by atoms with Crippen molar-refractivity contribution in [3.8, 4) is 5.75 Å². The van der Waals surface area contributed by atoms with Crippen molar-refractivity contribution in [1.82, 2.24) is 15.6 Å². The number of carbonyl (C=O) groups excluding carboxylic acids is 2. The van der Waals surface area contributed by atoms with E-state index in [1.165, 1.54) is 6.21 Å². The normalized spacial score (nSPS) is 10.7. The maximum absolute atomic E-state index is 12.2. The number of aryl methyl sites for hydroxylation is 1. The first-order chi connectivity index (χ1) is 13.0. The van der Waals surface area contributed by atoms with Crippen LogP contribution >= 0.6 is 15.9 Å². The lowest BCUT2D eigenvalue weighted by molar-refractivity contribution is 0.0733. The van der Waals surface area contributed by atoms with Gasteiger partial charge in [0.2, 0.25) is 0 Å². The van der Waals surface area contributed by atoms with E-state index in [0.29, 0.717) is 15.8 Å². The van der Waals surface area contributed by atoms with Crippen molar-refractivity contribution >= 4 is 34.0 Å². The number of hydrazone groups is 1. The number of ether oxygens (including phenoxy) is 1. The van der Waals surface area contributed by atoms with Crippen LogP contribution in [0.15, 0.2) is 64.2 Å². The molecule has 7 nitrogen and oxygen atoms in total. The maximum atomic E-state index is 12.2. The average Bonchev–Trinajstić information content (AvgIpc) is 3.10. The minimum absolute atomic E-state index is 0.263. The molecule has 1 heterocycles. The predicted molar refractivity (Wildman–Crippen MR) is 104 cm³/mol. The summed E-state index contributed by atoms with van der Waals surface area (Å²) in [5.41, 5.74) is 4.62. The van der Waals surface area contributed by atoms with Crippen molar-refractivity contribution in [2.24, 2.45) is 5.10 Å². The van der Waals surface area contributed by atoms with E-state index in [0.717, 1.165) is 11.3 Å². The topological polar surface area (TPSA) is 96.4 Å². The van der Waals surface area contributed by atoms with Crippen LogP contribution in [0.1, 0.15) is 32.1 Å². The van der Waals surface area contributed by atoms with Crippen LogP contribution in [0, 0.1) is 6.92 Å². The number of hydrogen-bond donors (Lipinski definition) is 2. The van der Waals surface area contributed by atoms with Gasteiger partial charge < -0.3 is 4.74 Å². The van der Waals surface area contributed by atoms with Crippen molar-refractivity contribution in [2.75, 3.05) is 0 Å². The van der Waals surface area contributed by atoms with Gasteiger partial charge in [-0.3, -0.25) is 9.89 Å². The van der Waals surface area contributed by atoms with Crippen molar-refractivity contribution in [1.29, 1.82) is 0 Å². The van der Waals surface area contributed by atoms with Gasteiger partial charge in [0.05, 0.1) is 11.8 Å². The van der Waals surface area contributed by atoms with Crippen molar-refractivity contribution < 1.29 is 14.3 Å². The van der Waals surface area contributed by atoms with Crippen LogP contribution in [-0.2, 0) is 0 Å². The molecule has 0 aliphatic heterocycles. The smallest absolute Gasteiger partial charge is 0.344 e. The molecule has 2 N–H and O–H groups in total. The van der Waals surface area contributed by atoms with Gasteiger partial charge in [0.25, 0.3) is 5.91 Å². The van der Waals surface area contributed by atoms with Gasteiger partial charge >= 0.3 is 5.97 Å². The average molecular weight is 427 g/mol. The Balaban J connectivity index is 1.58. The number of nitrogens with one attached hydrogen (secondary N) is 2. The Hall–Kier alpha value is -3.26. The second kappa shape index (κ2) is 8.41. The van der Waals surface area contributed by atoms with Gasteiger partial charge in [-0.2, -0.15) is 10.2 Å². The second-order valence-corrected chi connectivity index (χ2v) is 6.43. The molecule has 0 fully saturated rings. The first kappa shape index (κ1) is 18.5. The molecule has 3 rings (SSSR count). The number of halogens is 1. The molecule has 27 heavy (non-hydrogen) atoms. The summed E-state index contributed by atoms with van der Waals surface area (Å²) in [6.45, 7) is 1.80. The number of aromatic amines is 1. The summed E-state index contributed by atoms with van der Waals surface area (Å²) in [5.74, 6) is -0.455. The highest BCUT2D eigenvalue weighted by molar-refractivity contribution is 9.10. The Bertz CT molecular complexity index is 996. The number of esters is 1. The molecule has 3 aromatic rings. The lowest BCUT2D eigenvalue weighted by Crippen LogP contribution is -2.18. The molecule has 1 aromatic heterocycles. The Morgan fingerprint density at radius 1 is 1.19 bits per heavy atom. The van der Waals surface area contributed by atoms with Gasteiger partial charge in [0.1, 0.15) is 5.75 Å². The van der Waals surface area contributed by atoms with Crippen LogP contribution in [0.2, 0.25) is 0 Å². The number of nitrogens with zero attached hydrogens (tertiary/aromatic N) is 2. The van der Waals surface area contributed by atoms with E-state index in [4.69, 9.17) is 4.74 Å². The van der Waals surface area contributed by atoms with Gasteiger partial charge in [0.15, 0.2) is 5.69 Å². The van der Waals surface area contributed by atoms with E-state index in [2.05, 4.69) is 36.7 Å². The van der Waals surface area contributed by atoms with Gasteiger partial charge in [-0.15, -0.1) is 0 Å². The summed E-state index contributed by atoms with van der Waals surface area (Å²) in [4.78, 5) is 24.0. The van der Waals surface area contributed by atoms with Crippen LogP contribution in [-0.4, -0.2) is 28.3 Å². The molecule has 0 atom stereocenters. The molecule has 0 aliphatic rings. The largest absolute Gasteiger partial charge is 0.423 e. The number of benzene rings is 2. The number of carbonyl (C=O) groups is 2. The van der Waals surface area contributed by atoms with Gasteiger partial charge in [-0.1, -0.05) is 12.1 Å². The van der Waals surface area contributed by atoms with E-state index in [1.807, 2.05) is 6.07 Å². The molecule has 136 valence electrons. The van der Waals surface area contributed by atoms with Crippen LogP contribution in [0.5, 0.6) is 5.75 Å². The standard InChI is InChI=1S/C19H15BrN4O3/c1-12-10-17(23-22-12)18(25)24-21-11-13-6-8-14(9-7-13)27-19(26)15-4-2-3-5-16(15)20/h2-11H,1H3,(H,22,23)(H,24,25)/b21-11-. The third-order valence-corrected chi connectivity index (χ3v) is 4.19. The Labute approximate surface area is 163 Å². The summed E-state index contributed by atoms with van der Waals surface area (Å²) in [6, 6.07) is 15.4. The van der Waals surface area contributed by atoms with Crippen molar-refractivity contribution in [3.63, 3.8) is 0 Å². The third kappa shape index (κ3) is 4.89. The Morgan fingerprint density at radius 3 is 2.59 bits per heavy atom. The minimum Gasteiger partial charge on any atom is -0.423 e. The SMILES string of the molecule is Cc1cc(C(=O)N/N=C\c2ccc(OC(=O)c3ccccc3Br)cc2)n[nH]1. The molecule has 0 radical (unpaired) electrons.